The molecule has 2 heterocycles. The number of aryl methyl sites for hydroxylation is 2. The minimum Gasteiger partial charge on any atom is -0.321 e. The Kier molecular flexibility index (Phi) is 6.76. The molecule has 0 bridgehead atoms. The van der Waals surface area contributed by atoms with E-state index in [1.165, 1.54) is 11.3 Å². The van der Waals surface area contributed by atoms with Crippen LogP contribution in [0.3, 0.4) is 0 Å². The normalized spacial score (nSPS) is 15.6. The maximum absolute atomic E-state index is 13.1. The number of nitrogens with one attached hydrogen (secondary N) is 1. The fraction of sp³-hybridized carbons (Fsp3) is 0.524. The molecule has 29 heavy (non-hydrogen) atoms. The van der Waals surface area contributed by atoms with Crippen LogP contribution in [0.15, 0.2) is 23.1 Å². The maximum Gasteiger partial charge on any atom is 0.267 e. The Labute approximate surface area is 177 Å². The average molecular weight is 436 g/mol. The molecule has 6 nitrogen and oxygen atoms in total. The Morgan fingerprint density at radius 3 is 2.55 bits per heavy atom. The minimum absolute atomic E-state index is 0.250. The van der Waals surface area contributed by atoms with Gasteiger partial charge in [-0.1, -0.05) is 26.3 Å². The Bertz CT molecular complexity index is 991. The fourth-order valence-corrected chi connectivity index (χ4v) is 6.43. The van der Waals surface area contributed by atoms with E-state index in [1.54, 1.807) is 29.4 Å². The molecule has 158 valence electrons. The molecule has 1 aliphatic heterocycles. The van der Waals surface area contributed by atoms with Crippen molar-refractivity contribution in [1.29, 1.82) is 0 Å². The molecule has 3 rings (SSSR count). The summed E-state index contributed by atoms with van der Waals surface area (Å²) in [5, 5.41) is 3.80. The van der Waals surface area contributed by atoms with E-state index in [9.17, 15) is 13.2 Å². The van der Waals surface area contributed by atoms with Crippen LogP contribution < -0.4 is 5.32 Å². The quantitative estimate of drug-likeness (QED) is 0.730. The summed E-state index contributed by atoms with van der Waals surface area (Å²) >= 11 is 1.40. The standard InChI is InChI=1S/C21H29N3O3S2/c1-14(2)12-19-22-16(4)20(28-19)21(25)23-17-9-8-15(3)18(13-17)29(26,27)24-10-6-5-7-11-24/h8-9,13-14H,5-7,10-12H2,1-4H3,(H,23,25). The second-order valence-corrected chi connectivity index (χ2v) is 11.0. The van der Waals surface area contributed by atoms with Crippen molar-refractivity contribution in [3.05, 3.63) is 39.3 Å². The molecule has 8 heteroatoms. The number of thiazole rings is 1. The van der Waals surface area contributed by atoms with E-state index >= 15 is 0 Å². The number of anilines is 1. The summed E-state index contributed by atoms with van der Waals surface area (Å²) in [5.74, 6) is 0.219. The van der Waals surface area contributed by atoms with Gasteiger partial charge in [-0.15, -0.1) is 11.3 Å². The van der Waals surface area contributed by atoms with Crippen LogP contribution in [0.1, 0.15) is 59.0 Å². The van der Waals surface area contributed by atoms with Crippen molar-refractivity contribution in [2.45, 2.75) is 58.3 Å². The van der Waals surface area contributed by atoms with E-state index in [2.05, 4.69) is 24.1 Å². The number of hydrogen-bond donors (Lipinski definition) is 1. The van der Waals surface area contributed by atoms with Crippen molar-refractivity contribution in [2.75, 3.05) is 18.4 Å². The zero-order valence-corrected chi connectivity index (χ0v) is 19.1. The van der Waals surface area contributed by atoms with Gasteiger partial charge in [0.1, 0.15) is 4.88 Å². The SMILES string of the molecule is Cc1ccc(NC(=O)c2sc(CC(C)C)nc2C)cc1S(=O)(=O)N1CCCCC1. The highest BCUT2D eigenvalue weighted by Crippen LogP contribution is 2.27. The molecule has 1 aliphatic rings. The first-order valence-corrected chi connectivity index (χ1v) is 12.3. The highest BCUT2D eigenvalue weighted by Gasteiger charge is 2.28. The van der Waals surface area contributed by atoms with Crippen molar-refractivity contribution in [3.8, 4) is 0 Å². The van der Waals surface area contributed by atoms with E-state index < -0.39 is 10.0 Å². The van der Waals surface area contributed by atoms with Gasteiger partial charge >= 0.3 is 0 Å². The monoisotopic (exact) mass is 435 g/mol. The number of rotatable bonds is 6. The first-order valence-electron chi connectivity index (χ1n) is 10.1. The fourth-order valence-electron chi connectivity index (χ4n) is 3.49. The molecule has 2 aromatic rings. The number of amides is 1. The van der Waals surface area contributed by atoms with Crippen molar-refractivity contribution >= 4 is 33.0 Å². The third-order valence-corrected chi connectivity index (χ3v) is 8.23. The van der Waals surface area contributed by atoms with Crippen LogP contribution in [0.4, 0.5) is 5.69 Å². The van der Waals surface area contributed by atoms with Crippen LogP contribution in [-0.2, 0) is 16.4 Å². The van der Waals surface area contributed by atoms with Crippen LogP contribution in [0.2, 0.25) is 0 Å². The van der Waals surface area contributed by atoms with Gasteiger partial charge in [0.25, 0.3) is 5.91 Å². The molecule has 1 amide bonds. The van der Waals surface area contributed by atoms with Gasteiger partial charge in [-0.25, -0.2) is 13.4 Å². The van der Waals surface area contributed by atoms with E-state index in [4.69, 9.17) is 0 Å². The molecule has 0 spiro atoms. The van der Waals surface area contributed by atoms with E-state index in [0.717, 1.165) is 30.7 Å². The maximum atomic E-state index is 13.1. The van der Waals surface area contributed by atoms with Gasteiger partial charge < -0.3 is 5.32 Å². The molecule has 0 saturated carbocycles. The Morgan fingerprint density at radius 1 is 1.21 bits per heavy atom. The number of carbonyl (C=O) groups is 1. The summed E-state index contributed by atoms with van der Waals surface area (Å²) in [4.78, 5) is 18.1. The molecule has 1 saturated heterocycles. The van der Waals surface area contributed by atoms with Crippen LogP contribution in [0.25, 0.3) is 0 Å². The van der Waals surface area contributed by atoms with E-state index in [1.807, 2.05) is 6.92 Å². The highest BCUT2D eigenvalue weighted by molar-refractivity contribution is 7.89. The highest BCUT2D eigenvalue weighted by atomic mass is 32.2. The Balaban J connectivity index is 1.83. The molecule has 0 unspecified atom stereocenters. The summed E-state index contributed by atoms with van der Waals surface area (Å²) in [6.07, 6.45) is 3.67. The molecule has 1 N–H and O–H groups in total. The van der Waals surface area contributed by atoms with E-state index in [0.29, 0.717) is 40.8 Å². The second kappa shape index (κ2) is 8.93. The Hall–Kier alpha value is -1.77. The predicted octanol–water partition coefficient (Wildman–Crippen LogP) is 4.39. The van der Waals surface area contributed by atoms with Gasteiger partial charge in [-0.05, 0) is 50.3 Å². The Morgan fingerprint density at radius 2 is 1.90 bits per heavy atom. The van der Waals surface area contributed by atoms with Crippen LogP contribution >= 0.6 is 11.3 Å². The number of aromatic nitrogens is 1. The zero-order chi connectivity index (χ0) is 21.2. The van der Waals surface area contributed by atoms with E-state index in [-0.39, 0.29) is 10.8 Å². The summed E-state index contributed by atoms with van der Waals surface area (Å²) in [7, 11) is -3.56. The summed E-state index contributed by atoms with van der Waals surface area (Å²) in [6.45, 7) is 8.96. The van der Waals surface area contributed by atoms with Gasteiger partial charge in [0.15, 0.2) is 0 Å². The molecule has 1 aromatic heterocycles. The third kappa shape index (κ3) is 5.05. The molecular formula is C21H29N3O3S2. The van der Waals surface area contributed by atoms with Crippen LogP contribution in [0, 0.1) is 19.8 Å². The average Bonchev–Trinajstić information content (AvgIpc) is 3.03. The third-order valence-electron chi connectivity index (χ3n) is 5.01. The number of piperidine rings is 1. The zero-order valence-electron chi connectivity index (χ0n) is 17.5. The van der Waals surface area contributed by atoms with Gasteiger partial charge in [-0.2, -0.15) is 4.31 Å². The topological polar surface area (TPSA) is 79.4 Å². The van der Waals surface area contributed by atoms with Crippen molar-refractivity contribution in [3.63, 3.8) is 0 Å². The first kappa shape index (κ1) is 21.9. The van der Waals surface area contributed by atoms with Gasteiger partial charge in [-0.3, -0.25) is 4.79 Å². The smallest absolute Gasteiger partial charge is 0.267 e. The van der Waals surface area contributed by atoms with Gasteiger partial charge in [0.2, 0.25) is 10.0 Å². The van der Waals surface area contributed by atoms with Crippen molar-refractivity contribution in [1.82, 2.24) is 9.29 Å². The van der Waals surface area contributed by atoms with Gasteiger partial charge in [0.05, 0.1) is 15.6 Å². The molecule has 0 aliphatic carbocycles. The summed E-state index contributed by atoms with van der Waals surface area (Å²) in [5.41, 5.74) is 1.87. The molecule has 0 radical (unpaired) electrons. The van der Waals surface area contributed by atoms with Gasteiger partial charge in [0, 0.05) is 25.2 Å². The molecule has 0 atom stereocenters. The molecular weight excluding hydrogens is 406 g/mol. The number of carbonyl (C=O) groups excluding carboxylic acids is 1. The van der Waals surface area contributed by atoms with Crippen molar-refractivity contribution in [2.24, 2.45) is 5.92 Å². The summed E-state index contributed by atoms with van der Waals surface area (Å²) < 4.78 is 27.7. The number of benzene rings is 1. The second-order valence-electron chi connectivity index (χ2n) is 8.02. The largest absolute Gasteiger partial charge is 0.321 e. The first-order chi connectivity index (χ1) is 13.7. The van der Waals surface area contributed by atoms with Crippen LogP contribution in [0.5, 0.6) is 0 Å². The number of hydrogen-bond acceptors (Lipinski definition) is 5. The molecule has 1 aromatic carbocycles. The lowest BCUT2D eigenvalue weighted by atomic mass is 10.1. The predicted molar refractivity (Wildman–Crippen MR) is 117 cm³/mol. The number of sulfonamides is 1. The minimum atomic E-state index is -3.56. The summed E-state index contributed by atoms with van der Waals surface area (Å²) in [6, 6.07) is 5.06. The van der Waals surface area contributed by atoms with Crippen molar-refractivity contribution < 1.29 is 13.2 Å². The molecule has 1 fully saturated rings. The lowest BCUT2D eigenvalue weighted by Gasteiger charge is -2.26. The van der Waals surface area contributed by atoms with Crippen LogP contribution in [-0.4, -0.2) is 36.7 Å². The lowest BCUT2D eigenvalue weighted by molar-refractivity contribution is 0.102. The number of nitrogens with zero attached hydrogens (tertiary/aromatic N) is 2. The lowest BCUT2D eigenvalue weighted by Crippen LogP contribution is -2.36.